The number of likely N-dealkylation sites (tertiary alicyclic amines) is 1. The normalized spacial score (nSPS) is 19.0. The Morgan fingerprint density at radius 1 is 1.24 bits per heavy atom. The van der Waals surface area contributed by atoms with Gasteiger partial charge in [-0.3, -0.25) is 4.99 Å². The Bertz CT molecular complexity index is 275. The van der Waals surface area contributed by atoms with Crippen molar-refractivity contribution in [2.24, 2.45) is 10.9 Å². The second-order valence-corrected chi connectivity index (χ2v) is 5.96. The minimum Gasteiger partial charge on any atom is -0.357 e. The van der Waals surface area contributed by atoms with E-state index in [2.05, 4.69) is 43.2 Å². The van der Waals surface area contributed by atoms with Crippen LogP contribution in [0.2, 0.25) is 0 Å². The third-order valence-corrected chi connectivity index (χ3v) is 4.09. The molecule has 0 aromatic heterocycles. The molecule has 4 nitrogen and oxygen atoms in total. The van der Waals surface area contributed by atoms with E-state index in [0.29, 0.717) is 6.04 Å². The zero-order valence-corrected chi connectivity index (χ0v) is 16.7. The first kappa shape index (κ1) is 21.0. The van der Waals surface area contributed by atoms with Crippen molar-refractivity contribution in [3.8, 4) is 0 Å². The summed E-state index contributed by atoms with van der Waals surface area (Å²) in [6.45, 7) is 14.4. The van der Waals surface area contributed by atoms with Crippen molar-refractivity contribution in [3.63, 3.8) is 0 Å². The van der Waals surface area contributed by atoms with Gasteiger partial charge in [-0.1, -0.05) is 13.8 Å². The summed E-state index contributed by atoms with van der Waals surface area (Å²) in [4.78, 5) is 7.36. The van der Waals surface area contributed by atoms with Gasteiger partial charge in [-0.05, 0) is 65.1 Å². The zero-order valence-electron chi connectivity index (χ0n) is 14.3. The van der Waals surface area contributed by atoms with Gasteiger partial charge in [0.25, 0.3) is 0 Å². The van der Waals surface area contributed by atoms with E-state index in [4.69, 9.17) is 4.99 Å². The first-order valence-electron chi connectivity index (χ1n) is 8.46. The third kappa shape index (κ3) is 8.86. The van der Waals surface area contributed by atoms with Gasteiger partial charge in [0.2, 0.25) is 0 Å². The van der Waals surface area contributed by atoms with E-state index < -0.39 is 0 Å². The predicted molar refractivity (Wildman–Crippen MR) is 104 cm³/mol. The predicted octanol–water partition coefficient (Wildman–Crippen LogP) is 3.08. The van der Waals surface area contributed by atoms with Crippen LogP contribution < -0.4 is 10.6 Å². The van der Waals surface area contributed by atoms with E-state index in [1.165, 1.54) is 38.9 Å². The monoisotopic (exact) mass is 410 g/mol. The molecule has 2 N–H and O–H groups in total. The van der Waals surface area contributed by atoms with Crippen molar-refractivity contribution in [3.05, 3.63) is 0 Å². The first-order chi connectivity index (χ1) is 9.69. The van der Waals surface area contributed by atoms with Crippen LogP contribution in [0.1, 0.15) is 53.4 Å². The number of guanidine groups is 1. The summed E-state index contributed by atoms with van der Waals surface area (Å²) in [5.74, 6) is 1.74. The van der Waals surface area contributed by atoms with Gasteiger partial charge in [0.15, 0.2) is 5.96 Å². The van der Waals surface area contributed by atoms with Crippen LogP contribution >= 0.6 is 24.0 Å². The quantitative estimate of drug-likeness (QED) is 0.385. The van der Waals surface area contributed by atoms with E-state index in [1.54, 1.807) is 0 Å². The molecule has 0 aromatic rings. The summed E-state index contributed by atoms with van der Waals surface area (Å²) < 4.78 is 0. The van der Waals surface area contributed by atoms with Gasteiger partial charge in [-0.2, -0.15) is 0 Å². The summed E-state index contributed by atoms with van der Waals surface area (Å²) in [5, 5.41) is 6.81. The highest BCUT2D eigenvalue weighted by atomic mass is 127. The molecule has 1 unspecified atom stereocenters. The molecule has 0 radical (unpaired) electrons. The van der Waals surface area contributed by atoms with E-state index >= 15 is 0 Å². The molecule has 126 valence electrons. The summed E-state index contributed by atoms with van der Waals surface area (Å²) in [6.07, 6.45) is 4.99. The number of rotatable bonds is 7. The van der Waals surface area contributed by atoms with Gasteiger partial charge in [0.05, 0.1) is 0 Å². The molecule has 1 fully saturated rings. The third-order valence-electron chi connectivity index (χ3n) is 4.09. The van der Waals surface area contributed by atoms with E-state index in [0.717, 1.165) is 31.4 Å². The molecular weight excluding hydrogens is 375 g/mol. The Kier molecular flexibility index (Phi) is 12.5. The molecule has 0 bridgehead atoms. The lowest BCUT2D eigenvalue weighted by Crippen LogP contribution is -2.42. The molecule has 1 aliphatic heterocycles. The fraction of sp³-hybridized carbons (Fsp3) is 0.938. The second kappa shape index (κ2) is 12.5. The standard InChI is InChI=1S/C16H34N4.HI/c1-5-10-20-11-8-15(9-12-20)13-18-16(17-7-3)19-14(4)6-2;/h14-15H,5-13H2,1-4H3,(H2,17,18,19);1H. The lowest BCUT2D eigenvalue weighted by molar-refractivity contribution is 0.188. The summed E-state index contributed by atoms with van der Waals surface area (Å²) >= 11 is 0. The van der Waals surface area contributed by atoms with Crippen LogP contribution in [0.15, 0.2) is 4.99 Å². The molecular formula is C16H35IN4. The van der Waals surface area contributed by atoms with Crippen molar-refractivity contribution in [2.45, 2.75) is 59.4 Å². The van der Waals surface area contributed by atoms with Crippen LogP contribution in [0, 0.1) is 5.92 Å². The van der Waals surface area contributed by atoms with E-state index in [9.17, 15) is 0 Å². The SMILES string of the molecule is CCCN1CCC(CN=C(NCC)NC(C)CC)CC1.I. The highest BCUT2D eigenvalue weighted by Gasteiger charge is 2.18. The maximum atomic E-state index is 4.77. The molecule has 5 heteroatoms. The lowest BCUT2D eigenvalue weighted by atomic mass is 9.97. The first-order valence-corrected chi connectivity index (χ1v) is 8.46. The maximum Gasteiger partial charge on any atom is 0.191 e. The average Bonchev–Trinajstić information content (AvgIpc) is 2.46. The van der Waals surface area contributed by atoms with Gasteiger partial charge in [-0.25, -0.2) is 0 Å². The Hall–Kier alpha value is -0.0400. The van der Waals surface area contributed by atoms with E-state index in [-0.39, 0.29) is 24.0 Å². The lowest BCUT2D eigenvalue weighted by Gasteiger charge is -2.31. The smallest absolute Gasteiger partial charge is 0.191 e. The fourth-order valence-electron chi connectivity index (χ4n) is 2.58. The van der Waals surface area contributed by atoms with Gasteiger partial charge < -0.3 is 15.5 Å². The number of hydrogen-bond acceptors (Lipinski definition) is 2. The molecule has 1 saturated heterocycles. The highest BCUT2D eigenvalue weighted by molar-refractivity contribution is 14.0. The van der Waals surface area contributed by atoms with Crippen LogP contribution in [0.5, 0.6) is 0 Å². The van der Waals surface area contributed by atoms with Crippen LogP contribution in [-0.2, 0) is 0 Å². The van der Waals surface area contributed by atoms with Crippen molar-refractivity contribution in [1.82, 2.24) is 15.5 Å². The largest absolute Gasteiger partial charge is 0.357 e. The Labute approximate surface area is 148 Å². The van der Waals surface area contributed by atoms with Gasteiger partial charge in [0.1, 0.15) is 0 Å². The summed E-state index contributed by atoms with van der Waals surface area (Å²) in [6, 6.07) is 0.485. The summed E-state index contributed by atoms with van der Waals surface area (Å²) in [7, 11) is 0. The van der Waals surface area contributed by atoms with Crippen LogP contribution in [0.4, 0.5) is 0 Å². The van der Waals surface area contributed by atoms with Crippen LogP contribution in [0.25, 0.3) is 0 Å². The molecule has 0 aliphatic carbocycles. The molecule has 0 aromatic carbocycles. The molecule has 1 heterocycles. The molecule has 0 spiro atoms. The minimum absolute atomic E-state index is 0. The van der Waals surface area contributed by atoms with Gasteiger partial charge in [0, 0.05) is 19.1 Å². The number of hydrogen-bond donors (Lipinski definition) is 2. The Balaban J connectivity index is 0.00000400. The van der Waals surface area contributed by atoms with Crippen molar-refractivity contribution < 1.29 is 0 Å². The van der Waals surface area contributed by atoms with Crippen LogP contribution in [0.3, 0.4) is 0 Å². The van der Waals surface area contributed by atoms with Crippen LogP contribution in [-0.4, -0.2) is 49.6 Å². The molecule has 1 aliphatic rings. The zero-order chi connectivity index (χ0) is 14.8. The van der Waals surface area contributed by atoms with Gasteiger partial charge >= 0.3 is 0 Å². The Morgan fingerprint density at radius 3 is 2.43 bits per heavy atom. The van der Waals surface area contributed by atoms with Gasteiger partial charge in [-0.15, -0.1) is 24.0 Å². The molecule has 1 atom stereocenters. The Morgan fingerprint density at radius 2 is 1.90 bits per heavy atom. The number of halogens is 1. The average molecular weight is 410 g/mol. The number of nitrogens with one attached hydrogen (secondary N) is 2. The number of nitrogens with zero attached hydrogens (tertiary/aromatic N) is 2. The fourth-order valence-corrected chi connectivity index (χ4v) is 2.58. The molecule has 0 saturated carbocycles. The highest BCUT2D eigenvalue weighted by Crippen LogP contribution is 2.17. The maximum absolute atomic E-state index is 4.77. The topological polar surface area (TPSA) is 39.7 Å². The second-order valence-electron chi connectivity index (χ2n) is 5.96. The minimum atomic E-state index is 0. The number of piperidine rings is 1. The van der Waals surface area contributed by atoms with Crippen molar-refractivity contribution in [2.75, 3.05) is 32.7 Å². The van der Waals surface area contributed by atoms with E-state index in [1.807, 2.05) is 0 Å². The van der Waals surface area contributed by atoms with Crippen molar-refractivity contribution in [1.29, 1.82) is 0 Å². The van der Waals surface area contributed by atoms with Crippen molar-refractivity contribution >= 4 is 29.9 Å². The molecule has 0 amide bonds. The molecule has 1 rings (SSSR count). The molecule has 21 heavy (non-hydrogen) atoms. The summed E-state index contributed by atoms with van der Waals surface area (Å²) in [5.41, 5.74) is 0. The number of aliphatic imine (C=N–C) groups is 1.